The second-order valence-electron chi connectivity index (χ2n) is 7.30. The molecule has 0 aromatic carbocycles. The average molecular weight is 250 g/mol. The third-order valence-corrected chi connectivity index (χ3v) is 3.34. The first-order chi connectivity index (χ1) is 8.18. The van der Waals surface area contributed by atoms with Gasteiger partial charge in [-0.25, -0.2) is 0 Å². The van der Waals surface area contributed by atoms with Crippen LogP contribution < -0.4 is 0 Å². The molecule has 0 bridgehead atoms. The van der Waals surface area contributed by atoms with Crippen molar-refractivity contribution in [1.29, 1.82) is 0 Å². The molecule has 104 valence electrons. The van der Waals surface area contributed by atoms with E-state index in [1.165, 1.54) is 26.2 Å². The Labute approximate surface area is 114 Å². The summed E-state index contributed by atoms with van der Waals surface area (Å²) in [4.78, 5) is 5.11. The van der Waals surface area contributed by atoms with Crippen LogP contribution in [0, 0.1) is 17.3 Å². The van der Waals surface area contributed by atoms with Crippen molar-refractivity contribution < 1.29 is 0 Å². The molecule has 1 aliphatic rings. The molecule has 0 aromatic rings. The molecule has 0 atom stereocenters. The van der Waals surface area contributed by atoms with Crippen LogP contribution in [-0.2, 0) is 0 Å². The molecule has 0 unspecified atom stereocenters. The molecule has 2 nitrogen and oxygen atoms in total. The minimum atomic E-state index is 0.144. The van der Waals surface area contributed by atoms with E-state index in [-0.39, 0.29) is 5.41 Å². The summed E-state index contributed by atoms with van der Waals surface area (Å²) >= 11 is 0. The number of hydrogen-bond donors (Lipinski definition) is 0. The molecule has 0 amide bonds. The van der Waals surface area contributed by atoms with Crippen LogP contribution in [-0.4, -0.2) is 48.1 Å². The Bertz CT molecular complexity index is 301. The Balaban J connectivity index is 2.26. The van der Waals surface area contributed by atoms with Gasteiger partial charge in [0, 0.05) is 50.1 Å². The first-order valence-electron chi connectivity index (χ1n) is 7.16. The zero-order chi connectivity index (χ0) is 13.8. The lowest BCUT2D eigenvalue weighted by atomic mass is 9.98. The predicted molar refractivity (Wildman–Crippen MR) is 79.6 cm³/mol. The normalized spacial score (nSPS) is 19.4. The van der Waals surface area contributed by atoms with Gasteiger partial charge in [0.25, 0.3) is 0 Å². The molecule has 1 saturated heterocycles. The highest BCUT2D eigenvalue weighted by atomic mass is 15.3. The van der Waals surface area contributed by atoms with Crippen molar-refractivity contribution in [1.82, 2.24) is 9.80 Å². The van der Waals surface area contributed by atoms with Gasteiger partial charge in [0.2, 0.25) is 0 Å². The third-order valence-electron chi connectivity index (χ3n) is 3.34. The molecule has 0 N–H and O–H groups in total. The summed E-state index contributed by atoms with van der Waals surface area (Å²) in [5.74, 6) is 6.62. The zero-order valence-electron chi connectivity index (χ0n) is 13.1. The van der Waals surface area contributed by atoms with Crippen LogP contribution in [0.25, 0.3) is 0 Å². The number of hydrogen-bond acceptors (Lipinski definition) is 2. The molecule has 18 heavy (non-hydrogen) atoms. The van der Waals surface area contributed by atoms with Crippen molar-refractivity contribution in [2.45, 2.75) is 53.5 Å². The van der Waals surface area contributed by atoms with Crippen molar-refractivity contribution in [2.75, 3.05) is 32.7 Å². The van der Waals surface area contributed by atoms with Crippen LogP contribution in [0.4, 0.5) is 0 Å². The molecule has 0 aliphatic carbocycles. The number of rotatable bonds is 2. The fourth-order valence-corrected chi connectivity index (χ4v) is 2.18. The van der Waals surface area contributed by atoms with Crippen LogP contribution in [0.3, 0.4) is 0 Å². The summed E-state index contributed by atoms with van der Waals surface area (Å²) in [6, 6.07) is 0. The van der Waals surface area contributed by atoms with E-state index < -0.39 is 0 Å². The highest BCUT2D eigenvalue weighted by Crippen LogP contribution is 2.15. The first kappa shape index (κ1) is 15.5. The van der Waals surface area contributed by atoms with Gasteiger partial charge in [-0.1, -0.05) is 5.92 Å². The standard InChI is InChI=1S/C16H30N2/c1-15(2,3)9-7-8-10-17-11-13-18(14-12-17)16(4,5)6/h8,10-14H2,1-6H3. The molecule has 2 heteroatoms. The number of nitrogens with zero attached hydrogens (tertiary/aromatic N) is 2. The second-order valence-corrected chi connectivity index (χ2v) is 7.30. The second kappa shape index (κ2) is 6.08. The van der Waals surface area contributed by atoms with Crippen LogP contribution in [0.5, 0.6) is 0 Å². The van der Waals surface area contributed by atoms with Crippen molar-refractivity contribution in [3.63, 3.8) is 0 Å². The molecule has 0 spiro atoms. The van der Waals surface area contributed by atoms with E-state index >= 15 is 0 Å². The SMILES string of the molecule is CC(C)(C)C#CCCN1CCN(C(C)(C)C)CC1. The van der Waals surface area contributed by atoms with E-state index in [1.807, 2.05) is 0 Å². The monoisotopic (exact) mass is 250 g/mol. The van der Waals surface area contributed by atoms with Crippen LogP contribution in [0.2, 0.25) is 0 Å². The Morgan fingerprint density at radius 3 is 1.89 bits per heavy atom. The maximum atomic E-state index is 3.31. The lowest BCUT2D eigenvalue weighted by molar-refractivity contribution is 0.0634. The highest BCUT2D eigenvalue weighted by molar-refractivity contribution is 5.07. The summed E-state index contributed by atoms with van der Waals surface area (Å²) in [5.41, 5.74) is 0.461. The summed E-state index contributed by atoms with van der Waals surface area (Å²) in [6.45, 7) is 19.3. The van der Waals surface area contributed by atoms with Gasteiger partial charge in [0.15, 0.2) is 0 Å². The third kappa shape index (κ3) is 5.89. The molecule has 1 rings (SSSR count). The minimum absolute atomic E-state index is 0.144. The van der Waals surface area contributed by atoms with Gasteiger partial charge in [-0.05, 0) is 41.5 Å². The summed E-state index contributed by atoms with van der Waals surface area (Å²) in [7, 11) is 0. The molecule has 1 aliphatic heterocycles. The van der Waals surface area contributed by atoms with E-state index in [9.17, 15) is 0 Å². The van der Waals surface area contributed by atoms with Crippen molar-refractivity contribution >= 4 is 0 Å². The van der Waals surface area contributed by atoms with Crippen molar-refractivity contribution in [3.05, 3.63) is 0 Å². The Morgan fingerprint density at radius 2 is 1.44 bits per heavy atom. The van der Waals surface area contributed by atoms with Crippen LogP contribution in [0.15, 0.2) is 0 Å². The molecule has 0 aromatic heterocycles. The lowest BCUT2D eigenvalue weighted by Gasteiger charge is -2.42. The Hall–Kier alpha value is -0.520. The van der Waals surface area contributed by atoms with Gasteiger partial charge in [-0.3, -0.25) is 9.80 Å². The fraction of sp³-hybridized carbons (Fsp3) is 0.875. The Morgan fingerprint density at radius 1 is 0.889 bits per heavy atom. The number of piperazine rings is 1. The van der Waals surface area contributed by atoms with E-state index in [0.717, 1.165) is 13.0 Å². The zero-order valence-corrected chi connectivity index (χ0v) is 13.1. The van der Waals surface area contributed by atoms with E-state index in [4.69, 9.17) is 0 Å². The highest BCUT2D eigenvalue weighted by Gasteiger charge is 2.25. The van der Waals surface area contributed by atoms with Gasteiger partial charge in [0.05, 0.1) is 0 Å². The van der Waals surface area contributed by atoms with E-state index in [1.54, 1.807) is 0 Å². The maximum Gasteiger partial charge on any atom is 0.0230 e. The average Bonchev–Trinajstić information content (AvgIpc) is 2.22. The van der Waals surface area contributed by atoms with Crippen molar-refractivity contribution in [3.8, 4) is 11.8 Å². The molecule has 0 saturated carbocycles. The topological polar surface area (TPSA) is 6.48 Å². The fourth-order valence-electron chi connectivity index (χ4n) is 2.18. The molecular weight excluding hydrogens is 220 g/mol. The maximum absolute atomic E-state index is 3.31. The summed E-state index contributed by atoms with van der Waals surface area (Å²) < 4.78 is 0. The van der Waals surface area contributed by atoms with Gasteiger partial charge in [-0.2, -0.15) is 0 Å². The van der Waals surface area contributed by atoms with E-state index in [2.05, 4.69) is 63.2 Å². The minimum Gasteiger partial charge on any atom is -0.300 e. The van der Waals surface area contributed by atoms with E-state index in [0.29, 0.717) is 5.54 Å². The quantitative estimate of drug-likeness (QED) is 0.695. The summed E-state index contributed by atoms with van der Waals surface area (Å²) in [5, 5.41) is 0. The molecule has 1 fully saturated rings. The molecule has 1 heterocycles. The van der Waals surface area contributed by atoms with Crippen LogP contribution in [0.1, 0.15) is 48.0 Å². The van der Waals surface area contributed by atoms with Crippen LogP contribution >= 0.6 is 0 Å². The van der Waals surface area contributed by atoms with Gasteiger partial charge in [0.1, 0.15) is 0 Å². The van der Waals surface area contributed by atoms with Gasteiger partial charge in [-0.15, -0.1) is 5.92 Å². The first-order valence-corrected chi connectivity index (χ1v) is 7.16. The largest absolute Gasteiger partial charge is 0.300 e. The molecular formula is C16H30N2. The van der Waals surface area contributed by atoms with Gasteiger partial charge < -0.3 is 0 Å². The van der Waals surface area contributed by atoms with Gasteiger partial charge >= 0.3 is 0 Å². The smallest absolute Gasteiger partial charge is 0.0230 e. The predicted octanol–water partition coefficient (Wildman–Crippen LogP) is 2.84. The lowest BCUT2D eigenvalue weighted by Crippen LogP contribution is -2.53. The van der Waals surface area contributed by atoms with Crippen molar-refractivity contribution in [2.24, 2.45) is 5.41 Å². The Kier molecular flexibility index (Phi) is 5.25. The molecule has 0 radical (unpaired) electrons. The summed E-state index contributed by atoms with van der Waals surface area (Å²) in [6.07, 6.45) is 1.01.